The molecule has 0 saturated carbocycles. The number of nitrogens with one attached hydrogen (secondary N) is 1. The molecule has 2 saturated heterocycles. The van der Waals surface area contributed by atoms with E-state index in [9.17, 15) is 14.4 Å². The van der Waals surface area contributed by atoms with Crippen molar-refractivity contribution in [3.63, 3.8) is 0 Å². The van der Waals surface area contributed by atoms with Gasteiger partial charge in [-0.1, -0.05) is 0 Å². The summed E-state index contributed by atoms with van der Waals surface area (Å²) in [7, 11) is 0. The predicted octanol–water partition coefficient (Wildman–Crippen LogP) is 1.90. The molecule has 2 aliphatic rings. The van der Waals surface area contributed by atoms with Gasteiger partial charge in [0.25, 0.3) is 11.8 Å². The Labute approximate surface area is 196 Å². The van der Waals surface area contributed by atoms with Gasteiger partial charge in [0, 0.05) is 57.2 Å². The zero-order chi connectivity index (χ0) is 23.5. The number of hydrogen-bond acceptors (Lipinski definition) is 6. The van der Waals surface area contributed by atoms with Crippen LogP contribution in [0, 0.1) is 5.92 Å². The van der Waals surface area contributed by atoms with Crippen LogP contribution in [0.3, 0.4) is 0 Å². The molecule has 0 unspecified atom stereocenters. The number of piperidine rings is 1. The van der Waals surface area contributed by atoms with Gasteiger partial charge in [-0.05, 0) is 43.2 Å². The fraction of sp³-hybridized carbons (Fsp3) is 0.375. The van der Waals surface area contributed by atoms with Crippen molar-refractivity contribution in [3.8, 4) is 11.3 Å². The van der Waals surface area contributed by atoms with E-state index in [1.54, 1.807) is 40.4 Å². The Morgan fingerprint density at radius 1 is 0.941 bits per heavy atom. The second-order valence-electron chi connectivity index (χ2n) is 8.59. The highest BCUT2D eigenvalue weighted by Crippen LogP contribution is 2.23. The number of carbonyl (C=O) groups excluding carboxylic acids is 3. The number of H-pyrrole nitrogens is 1. The maximum atomic E-state index is 13.2. The van der Waals surface area contributed by atoms with E-state index < -0.39 is 0 Å². The summed E-state index contributed by atoms with van der Waals surface area (Å²) in [6.45, 7) is 2.88. The molecule has 5 rings (SSSR count). The van der Waals surface area contributed by atoms with Crippen molar-refractivity contribution in [1.29, 1.82) is 0 Å². The molecule has 3 amide bonds. The van der Waals surface area contributed by atoms with E-state index in [-0.39, 0.29) is 23.6 Å². The molecule has 0 radical (unpaired) electrons. The number of rotatable bonds is 4. The highest BCUT2D eigenvalue weighted by molar-refractivity contribution is 5.94. The average Bonchev–Trinajstić information content (AvgIpc) is 3.61. The number of furan rings is 1. The predicted molar refractivity (Wildman–Crippen MR) is 122 cm³/mol. The van der Waals surface area contributed by atoms with Crippen LogP contribution in [0.15, 0.2) is 53.4 Å². The summed E-state index contributed by atoms with van der Waals surface area (Å²) in [6.07, 6.45) is 6.36. The van der Waals surface area contributed by atoms with E-state index in [1.165, 1.54) is 6.26 Å². The van der Waals surface area contributed by atoms with E-state index in [1.807, 2.05) is 17.0 Å². The van der Waals surface area contributed by atoms with E-state index in [4.69, 9.17) is 4.42 Å². The fourth-order valence-electron chi connectivity index (χ4n) is 4.58. The molecule has 1 atom stereocenters. The second kappa shape index (κ2) is 9.50. The Morgan fingerprint density at radius 3 is 2.44 bits per heavy atom. The Balaban J connectivity index is 1.18. The smallest absolute Gasteiger partial charge is 0.289 e. The minimum Gasteiger partial charge on any atom is -0.459 e. The summed E-state index contributed by atoms with van der Waals surface area (Å²) in [5.41, 5.74) is 1.96. The maximum absolute atomic E-state index is 13.2. The van der Waals surface area contributed by atoms with Crippen molar-refractivity contribution in [2.24, 2.45) is 5.92 Å². The van der Waals surface area contributed by atoms with Crippen LogP contribution in [-0.4, -0.2) is 86.9 Å². The summed E-state index contributed by atoms with van der Waals surface area (Å²) < 4.78 is 5.20. The molecule has 176 valence electrons. The van der Waals surface area contributed by atoms with Gasteiger partial charge in [0.15, 0.2) is 5.76 Å². The molecule has 34 heavy (non-hydrogen) atoms. The van der Waals surface area contributed by atoms with E-state index >= 15 is 0 Å². The minimum atomic E-state index is -0.243. The number of pyridine rings is 1. The fourth-order valence-corrected chi connectivity index (χ4v) is 4.58. The van der Waals surface area contributed by atoms with Gasteiger partial charge in [-0.25, -0.2) is 0 Å². The zero-order valence-corrected chi connectivity index (χ0v) is 18.7. The van der Waals surface area contributed by atoms with Crippen LogP contribution in [0.25, 0.3) is 11.3 Å². The lowest BCUT2D eigenvalue weighted by Gasteiger charge is -2.38. The van der Waals surface area contributed by atoms with Crippen molar-refractivity contribution < 1.29 is 18.8 Å². The van der Waals surface area contributed by atoms with Crippen molar-refractivity contribution in [3.05, 3.63) is 60.4 Å². The van der Waals surface area contributed by atoms with Gasteiger partial charge in [-0.3, -0.25) is 24.5 Å². The van der Waals surface area contributed by atoms with Crippen LogP contribution in [0.5, 0.6) is 0 Å². The topological polar surface area (TPSA) is 116 Å². The zero-order valence-electron chi connectivity index (χ0n) is 18.7. The first-order valence-electron chi connectivity index (χ1n) is 11.5. The van der Waals surface area contributed by atoms with E-state index in [2.05, 4.69) is 15.2 Å². The molecule has 2 aliphatic heterocycles. The van der Waals surface area contributed by atoms with Crippen molar-refractivity contribution in [2.45, 2.75) is 12.8 Å². The van der Waals surface area contributed by atoms with E-state index in [0.717, 1.165) is 18.4 Å². The highest BCUT2D eigenvalue weighted by atomic mass is 16.3. The summed E-state index contributed by atoms with van der Waals surface area (Å²) in [4.78, 5) is 48.0. The summed E-state index contributed by atoms with van der Waals surface area (Å²) >= 11 is 0. The van der Waals surface area contributed by atoms with Gasteiger partial charge in [0.2, 0.25) is 5.91 Å². The van der Waals surface area contributed by atoms with Gasteiger partial charge in [-0.15, -0.1) is 0 Å². The lowest BCUT2D eigenvalue weighted by Crippen LogP contribution is -2.54. The molecule has 5 heterocycles. The Morgan fingerprint density at radius 2 is 1.71 bits per heavy atom. The molecular weight excluding hydrogens is 436 g/mol. The lowest BCUT2D eigenvalue weighted by molar-refractivity contribution is -0.138. The number of carbonyl (C=O) groups is 3. The van der Waals surface area contributed by atoms with Gasteiger partial charge in [-0.2, -0.15) is 5.10 Å². The highest BCUT2D eigenvalue weighted by Gasteiger charge is 2.34. The standard InChI is InChI=1S/C24H26N6O4/c31-22(28-10-12-29(13-11-28)24(33)21-4-2-14-34-21)18-3-1-9-30(16-18)23(32)20-15-19(26-27-20)17-5-7-25-8-6-17/h2,4-8,14-15,18H,1,3,9-13,16H2,(H,26,27)/t18-/m1/s1. The number of amides is 3. The number of aromatic amines is 1. The van der Waals surface area contributed by atoms with Crippen molar-refractivity contribution in [2.75, 3.05) is 39.3 Å². The Kier molecular flexibility index (Phi) is 6.11. The molecular formula is C24H26N6O4. The summed E-state index contributed by atoms with van der Waals surface area (Å²) in [6, 6.07) is 8.74. The van der Waals surface area contributed by atoms with Crippen LogP contribution >= 0.6 is 0 Å². The number of hydrogen-bond donors (Lipinski definition) is 1. The van der Waals surface area contributed by atoms with Crippen LogP contribution < -0.4 is 0 Å². The molecule has 10 nitrogen and oxygen atoms in total. The van der Waals surface area contributed by atoms with Gasteiger partial charge >= 0.3 is 0 Å². The third-order valence-corrected chi connectivity index (χ3v) is 6.45. The van der Waals surface area contributed by atoms with Crippen LogP contribution in [0.4, 0.5) is 0 Å². The molecule has 3 aromatic rings. The molecule has 0 aliphatic carbocycles. The van der Waals surface area contributed by atoms with Gasteiger partial charge in [0.1, 0.15) is 5.69 Å². The molecule has 0 bridgehead atoms. The van der Waals surface area contributed by atoms with Crippen LogP contribution in [0.2, 0.25) is 0 Å². The average molecular weight is 463 g/mol. The second-order valence-corrected chi connectivity index (χ2v) is 8.59. The number of likely N-dealkylation sites (tertiary alicyclic amines) is 1. The van der Waals surface area contributed by atoms with Crippen LogP contribution in [0.1, 0.15) is 33.9 Å². The molecule has 2 fully saturated rings. The Hall–Kier alpha value is -3.95. The molecule has 3 aromatic heterocycles. The molecule has 10 heteroatoms. The van der Waals surface area contributed by atoms with Crippen molar-refractivity contribution in [1.82, 2.24) is 29.9 Å². The monoisotopic (exact) mass is 462 g/mol. The van der Waals surface area contributed by atoms with Gasteiger partial charge < -0.3 is 19.1 Å². The first-order valence-corrected chi connectivity index (χ1v) is 11.5. The third-order valence-electron chi connectivity index (χ3n) is 6.45. The lowest BCUT2D eigenvalue weighted by atomic mass is 9.96. The third kappa shape index (κ3) is 4.43. The van der Waals surface area contributed by atoms with Gasteiger partial charge in [0.05, 0.1) is 17.9 Å². The first-order chi connectivity index (χ1) is 16.6. The summed E-state index contributed by atoms with van der Waals surface area (Å²) in [5, 5.41) is 7.09. The summed E-state index contributed by atoms with van der Waals surface area (Å²) in [5.74, 6) is -0.194. The SMILES string of the molecule is O=C(c1cc(-c2ccncc2)n[nH]1)N1CCC[C@@H](C(=O)N2CCN(C(=O)c3ccco3)CC2)C1. The number of aromatic nitrogens is 3. The van der Waals surface area contributed by atoms with Crippen molar-refractivity contribution >= 4 is 17.7 Å². The molecule has 0 spiro atoms. The van der Waals surface area contributed by atoms with E-state index in [0.29, 0.717) is 56.4 Å². The largest absolute Gasteiger partial charge is 0.459 e. The molecule has 1 N–H and O–H groups in total. The molecule has 0 aromatic carbocycles. The normalized spacial score (nSPS) is 18.7. The first kappa shape index (κ1) is 21.9. The Bertz CT molecular complexity index is 1150. The maximum Gasteiger partial charge on any atom is 0.289 e. The quantitative estimate of drug-likeness (QED) is 0.633. The number of piperazine rings is 1. The van der Waals surface area contributed by atoms with Crippen LogP contribution in [-0.2, 0) is 4.79 Å². The number of nitrogens with zero attached hydrogens (tertiary/aromatic N) is 5. The minimum absolute atomic E-state index is 0.0460.